The van der Waals surface area contributed by atoms with Gasteiger partial charge in [0, 0.05) is 15.8 Å². The molecule has 0 aliphatic carbocycles. The summed E-state index contributed by atoms with van der Waals surface area (Å²) >= 11 is 2.22. The maximum atomic E-state index is 11.9. The standard InChI is InChI=1S/C12H15IN2O2/c13-8-1-3-9(4-2-8)15-12(16)11-6-5-10(7-14)17-11/h1-4,10-11H,5-7,14H2,(H,15,16)/t10-,11+/m1/s1. The van der Waals surface area contributed by atoms with E-state index in [0.717, 1.165) is 22.1 Å². The molecule has 1 fully saturated rings. The molecule has 0 saturated carbocycles. The van der Waals surface area contributed by atoms with Gasteiger partial charge in [-0.1, -0.05) is 0 Å². The number of hydrogen-bond acceptors (Lipinski definition) is 3. The highest BCUT2D eigenvalue weighted by molar-refractivity contribution is 14.1. The zero-order chi connectivity index (χ0) is 12.3. The van der Waals surface area contributed by atoms with Crippen LogP contribution in [0, 0.1) is 3.57 Å². The maximum absolute atomic E-state index is 11.9. The first-order valence-corrected chi connectivity index (χ1v) is 6.69. The lowest BCUT2D eigenvalue weighted by Gasteiger charge is -2.12. The fourth-order valence-corrected chi connectivity index (χ4v) is 2.19. The third-order valence-corrected chi connectivity index (χ3v) is 3.49. The van der Waals surface area contributed by atoms with Crippen molar-refractivity contribution in [2.75, 3.05) is 11.9 Å². The van der Waals surface area contributed by atoms with Gasteiger partial charge in [0.1, 0.15) is 6.10 Å². The molecule has 92 valence electrons. The van der Waals surface area contributed by atoms with Crippen LogP contribution in [-0.4, -0.2) is 24.7 Å². The Kier molecular flexibility index (Phi) is 4.36. The van der Waals surface area contributed by atoms with Crippen LogP contribution in [0.1, 0.15) is 12.8 Å². The number of carbonyl (C=O) groups excluding carboxylic acids is 1. The Morgan fingerprint density at radius 1 is 1.41 bits per heavy atom. The Morgan fingerprint density at radius 2 is 2.12 bits per heavy atom. The van der Waals surface area contributed by atoms with Crippen molar-refractivity contribution in [3.63, 3.8) is 0 Å². The number of anilines is 1. The van der Waals surface area contributed by atoms with Gasteiger partial charge in [0.15, 0.2) is 0 Å². The average molecular weight is 346 g/mol. The number of nitrogens with two attached hydrogens (primary N) is 1. The quantitative estimate of drug-likeness (QED) is 0.820. The van der Waals surface area contributed by atoms with E-state index in [9.17, 15) is 4.79 Å². The van der Waals surface area contributed by atoms with Crippen molar-refractivity contribution < 1.29 is 9.53 Å². The van der Waals surface area contributed by atoms with Gasteiger partial charge in [-0.15, -0.1) is 0 Å². The second-order valence-corrected chi connectivity index (χ2v) is 5.30. The molecule has 1 aliphatic rings. The minimum Gasteiger partial charge on any atom is -0.364 e. The number of amides is 1. The van der Waals surface area contributed by atoms with Crippen LogP contribution in [0.15, 0.2) is 24.3 Å². The molecule has 3 N–H and O–H groups in total. The number of benzene rings is 1. The Balaban J connectivity index is 1.91. The van der Waals surface area contributed by atoms with Gasteiger partial charge in [0.25, 0.3) is 5.91 Å². The molecule has 0 radical (unpaired) electrons. The topological polar surface area (TPSA) is 64.4 Å². The largest absolute Gasteiger partial charge is 0.364 e. The molecule has 1 heterocycles. The molecule has 1 aromatic carbocycles. The molecule has 0 aromatic heterocycles. The summed E-state index contributed by atoms with van der Waals surface area (Å²) in [5, 5.41) is 2.85. The first-order valence-electron chi connectivity index (χ1n) is 5.61. The Labute approximate surface area is 114 Å². The van der Waals surface area contributed by atoms with Crippen LogP contribution < -0.4 is 11.1 Å². The van der Waals surface area contributed by atoms with Crippen LogP contribution in [0.5, 0.6) is 0 Å². The lowest BCUT2D eigenvalue weighted by molar-refractivity contribution is -0.126. The van der Waals surface area contributed by atoms with Crippen LogP contribution in [-0.2, 0) is 9.53 Å². The SMILES string of the molecule is NC[C@H]1CC[C@@H](C(=O)Nc2ccc(I)cc2)O1. The molecule has 0 bridgehead atoms. The highest BCUT2D eigenvalue weighted by Crippen LogP contribution is 2.20. The molecule has 0 unspecified atom stereocenters. The third-order valence-electron chi connectivity index (χ3n) is 2.77. The molecular weight excluding hydrogens is 331 g/mol. The monoisotopic (exact) mass is 346 g/mol. The van der Waals surface area contributed by atoms with Crippen molar-refractivity contribution in [1.82, 2.24) is 0 Å². The smallest absolute Gasteiger partial charge is 0.253 e. The lowest BCUT2D eigenvalue weighted by Crippen LogP contribution is -2.29. The van der Waals surface area contributed by atoms with Gasteiger partial charge in [0.2, 0.25) is 0 Å². The van der Waals surface area contributed by atoms with Crippen molar-refractivity contribution in [2.24, 2.45) is 5.73 Å². The molecule has 17 heavy (non-hydrogen) atoms. The maximum Gasteiger partial charge on any atom is 0.253 e. The van der Waals surface area contributed by atoms with Crippen LogP contribution >= 0.6 is 22.6 Å². The molecule has 1 saturated heterocycles. The van der Waals surface area contributed by atoms with E-state index in [1.54, 1.807) is 0 Å². The van der Waals surface area contributed by atoms with E-state index in [-0.39, 0.29) is 18.1 Å². The highest BCUT2D eigenvalue weighted by atomic mass is 127. The van der Waals surface area contributed by atoms with Crippen LogP contribution in [0.3, 0.4) is 0 Å². The number of ether oxygens (including phenoxy) is 1. The van der Waals surface area contributed by atoms with Gasteiger partial charge in [-0.25, -0.2) is 0 Å². The van der Waals surface area contributed by atoms with Crippen LogP contribution in [0.4, 0.5) is 5.69 Å². The summed E-state index contributed by atoms with van der Waals surface area (Å²) < 4.78 is 6.67. The van der Waals surface area contributed by atoms with E-state index in [1.807, 2.05) is 24.3 Å². The molecule has 1 amide bonds. The van der Waals surface area contributed by atoms with Gasteiger partial charge in [-0.3, -0.25) is 4.79 Å². The van der Waals surface area contributed by atoms with Gasteiger partial charge in [-0.2, -0.15) is 0 Å². The number of nitrogens with one attached hydrogen (secondary N) is 1. The second-order valence-electron chi connectivity index (χ2n) is 4.06. The zero-order valence-electron chi connectivity index (χ0n) is 9.36. The van der Waals surface area contributed by atoms with Crippen molar-refractivity contribution in [1.29, 1.82) is 0 Å². The van der Waals surface area contributed by atoms with Crippen LogP contribution in [0.25, 0.3) is 0 Å². The normalized spacial score (nSPS) is 23.6. The van der Waals surface area contributed by atoms with Crippen molar-refractivity contribution in [3.05, 3.63) is 27.8 Å². The Bertz CT molecular complexity index is 394. The molecule has 1 aromatic rings. The predicted molar refractivity (Wildman–Crippen MR) is 74.7 cm³/mol. The average Bonchev–Trinajstić information content (AvgIpc) is 2.81. The van der Waals surface area contributed by atoms with E-state index >= 15 is 0 Å². The summed E-state index contributed by atoms with van der Waals surface area (Å²) in [6.45, 7) is 0.479. The summed E-state index contributed by atoms with van der Waals surface area (Å²) in [6.07, 6.45) is 1.28. The molecule has 5 heteroatoms. The Hall–Kier alpha value is -0.660. The highest BCUT2D eigenvalue weighted by Gasteiger charge is 2.29. The number of rotatable bonds is 3. The Morgan fingerprint density at radius 3 is 2.71 bits per heavy atom. The molecule has 1 aliphatic heterocycles. The fourth-order valence-electron chi connectivity index (χ4n) is 1.83. The van der Waals surface area contributed by atoms with E-state index in [0.29, 0.717) is 6.54 Å². The number of carbonyl (C=O) groups is 1. The molecular formula is C12H15IN2O2. The van der Waals surface area contributed by atoms with Gasteiger partial charge < -0.3 is 15.8 Å². The van der Waals surface area contributed by atoms with Gasteiger partial charge in [-0.05, 0) is 59.7 Å². The van der Waals surface area contributed by atoms with E-state index in [1.165, 1.54) is 0 Å². The summed E-state index contributed by atoms with van der Waals surface area (Å²) in [5.41, 5.74) is 6.31. The summed E-state index contributed by atoms with van der Waals surface area (Å²) in [5.74, 6) is -0.0813. The van der Waals surface area contributed by atoms with Crippen molar-refractivity contribution in [3.8, 4) is 0 Å². The number of hydrogen-bond donors (Lipinski definition) is 2. The van der Waals surface area contributed by atoms with E-state index in [4.69, 9.17) is 10.5 Å². The first kappa shape index (κ1) is 12.8. The fraction of sp³-hybridized carbons (Fsp3) is 0.417. The molecule has 0 spiro atoms. The minimum absolute atomic E-state index is 0.0301. The zero-order valence-corrected chi connectivity index (χ0v) is 11.5. The third kappa shape index (κ3) is 3.40. The first-order chi connectivity index (χ1) is 8.19. The molecule has 4 nitrogen and oxygen atoms in total. The van der Waals surface area contributed by atoms with Gasteiger partial charge >= 0.3 is 0 Å². The van der Waals surface area contributed by atoms with Crippen molar-refractivity contribution >= 4 is 34.2 Å². The predicted octanol–water partition coefficient (Wildman–Crippen LogP) is 1.74. The lowest BCUT2D eigenvalue weighted by atomic mass is 10.2. The van der Waals surface area contributed by atoms with E-state index in [2.05, 4.69) is 27.9 Å². The van der Waals surface area contributed by atoms with Crippen molar-refractivity contribution in [2.45, 2.75) is 25.0 Å². The minimum atomic E-state index is -0.358. The molecule has 2 atom stereocenters. The summed E-state index contributed by atoms with van der Waals surface area (Å²) in [7, 11) is 0. The summed E-state index contributed by atoms with van der Waals surface area (Å²) in [4.78, 5) is 11.9. The summed E-state index contributed by atoms with van der Waals surface area (Å²) in [6, 6.07) is 7.67. The van der Waals surface area contributed by atoms with Gasteiger partial charge in [0.05, 0.1) is 6.10 Å². The van der Waals surface area contributed by atoms with E-state index < -0.39 is 0 Å². The number of halogens is 1. The van der Waals surface area contributed by atoms with Crippen LogP contribution in [0.2, 0.25) is 0 Å². The second kappa shape index (κ2) is 5.79. The molecule has 2 rings (SSSR count).